The highest BCUT2D eigenvalue weighted by molar-refractivity contribution is 5.47. The Bertz CT molecular complexity index is 1650. The molecule has 1 aliphatic carbocycles. The Balaban J connectivity index is 1.33. The fourth-order valence-corrected chi connectivity index (χ4v) is 11.5. The van der Waals surface area contributed by atoms with Crippen molar-refractivity contribution in [2.75, 3.05) is 11.5 Å². The summed E-state index contributed by atoms with van der Waals surface area (Å²) < 4.78 is 0. The summed E-state index contributed by atoms with van der Waals surface area (Å²) in [7, 11) is 0. The van der Waals surface area contributed by atoms with E-state index in [4.69, 9.17) is 11.5 Å². The van der Waals surface area contributed by atoms with Gasteiger partial charge in [-0.3, -0.25) is 0 Å². The van der Waals surface area contributed by atoms with E-state index in [1.165, 1.54) is 239 Å². The normalized spacial score (nSPS) is 17.3. The molecule has 0 saturated heterocycles. The molecule has 0 amide bonds. The number of nitrogens with two attached hydrogens (primary N) is 2. The maximum absolute atomic E-state index is 6.21. The topological polar surface area (TPSA) is 52.0 Å². The quantitative estimate of drug-likeness (QED) is 0.0363. The maximum atomic E-state index is 6.21. The van der Waals surface area contributed by atoms with E-state index in [0.29, 0.717) is 11.8 Å². The first-order valence-electron chi connectivity index (χ1n) is 27.9. The molecule has 1 saturated carbocycles. The van der Waals surface area contributed by atoms with Gasteiger partial charge >= 0.3 is 0 Å². The second-order valence-corrected chi connectivity index (χ2v) is 20.9. The Labute approximate surface area is 401 Å². The first-order chi connectivity index (χ1) is 32.0. The predicted octanol–water partition coefficient (Wildman–Crippen LogP) is 19.6. The monoisotopic (exact) mass is 881 g/mol. The van der Waals surface area contributed by atoms with Crippen LogP contribution in [-0.2, 0) is 5.41 Å². The largest absolute Gasteiger partial charge is 0.399 e. The second-order valence-electron chi connectivity index (χ2n) is 20.9. The molecule has 2 atom stereocenters. The predicted molar refractivity (Wildman–Crippen MR) is 287 cm³/mol. The summed E-state index contributed by atoms with van der Waals surface area (Å²) in [4.78, 5) is 0. The molecule has 1 fully saturated rings. The van der Waals surface area contributed by atoms with Gasteiger partial charge in [-0.15, -0.1) is 0 Å². The molecule has 2 nitrogen and oxygen atoms in total. The fraction of sp³-hybridized carbons (Fsp3) is 0.619. The van der Waals surface area contributed by atoms with Crippen LogP contribution in [0.2, 0.25) is 0 Å². The smallest absolute Gasteiger partial charge is 0.0314 e. The molecule has 2 heteroatoms. The summed E-state index contributed by atoms with van der Waals surface area (Å²) in [6, 6.07) is 37.7. The van der Waals surface area contributed by atoms with E-state index in [1.807, 2.05) is 0 Å². The lowest BCUT2D eigenvalue weighted by Gasteiger charge is -2.42. The molecule has 4 aromatic carbocycles. The van der Waals surface area contributed by atoms with Crippen LogP contribution in [0, 0.1) is 5.92 Å². The van der Waals surface area contributed by atoms with E-state index < -0.39 is 0 Å². The first kappa shape index (κ1) is 52.4. The van der Waals surface area contributed by atoms with Crippen LogP contribution in [0.4, 0.5) is 11.4 Å². The van der Waals surface area contributed by atoms with Crippen molar-refractivity contribution in [1.29, 1.82) is 0 Å². The highest BCUT2D eigenvalue weighted by Gasteiger charge is 2.38. The van der Waals surface area contributed by atoms with E-state index in [9.17, 15) is 0 Å². The van der Waals surface area contributed by atoms with Gasteiger partial charge in [0.25, 0.3) is 0 Å². The molecule has 5 rings (SSSR count). The Morgan fingerprint density at radius 2 is 0.646 bits per heavy atom. The Kier molecular flexibility index (Phi) is 24.8. The molecule has 65 heavy (non-hydrogen) atoms. The molecule has 4 N–H and O–H groups in total. The van der Waals surface area contributed by atoms with Crippen molar-refractivity contribution < 1.29 is 0 Å². The minimum absolute atomic E-state index is 0.0510. The zero-order valence-corrected chi connectivity index (χ0v) is 42.3. The van der Waals surface area contributed by atoms with Gasteiger partial charge in [0, 0.05) is 28.6 Å². The number of hydrogen-bond acceptors (Lipinski definition) is 2. The summed E-state index contributed by atoms with van der Waals surface area (Å²) in [6.45, 7) is 6.94. The molecule has 2 unspecified atom stereocenters. The van der Waals surface area contributed by atoms with Crippen molar-refractivity contribution in [2.24, 2.45) is 5.92 Å². The zero-order valence-electron chi connectivity index (χ0n) is 42.3. The molecule has 358 valence electrons. The van der Waals surface area contributed by atoms with E-state index in [0.717, 1.165) is 17.3 Å². The average Bonchev–Trinajstić information content (AvgIpc) is 3.34. The third-order valence-corrected chi connectivity index (χ3v) is 15.8. The van der Waals surface area contributed by atoms with Gasteiger partial charge in [0.15, 0.2) is 0 Å². The van der Waals surface area contributed by atoms with Gasteiger partial charge in [0.2, 0.25) is 0 Å². The number of hydrogen-bond donors (Lipinski definition) is 2. The van der Waals surface area contributed by atoms with E-state index in [-0.39, 0.29) is 5.41 Å². The molecule has 0 bridgehead atoms. The SMILES string of the molecule is CCCCCCCCCCCC(c1ccc(N)cc1)c1ccc(C2(c3ccc(C(CCCCCCCCCCC)c4ccc(N)cc4)cc3)CCC(CCCCCCCCC)CC2)cc1. The van der Waals surface area contributed by atoms with Gasteiger partial charge in [-0.1, -0.05) is 261 Å². The summed E-state index contributed by atoms with van der Waals surface area (Å²) in [5, 5.41) is 0. The summed E-state index contributed by atoms with van der Waals surface area (Å²) >= 11 is 0. The van der Waals surface area contributed by atoms with E-state index >= 15 is 0 Å². The van der Waals surface area contributed by atoms with Crippen LogP contribution in [0.5, 0.6) is 0 Å². The minimum Gasteiger partial charge on any atom is -0.399 e. The highest BCUT2D eigenvalue weighted by atomic mass is 14.5. The first-order valence-corrected chi connectivity index (χ1v) is 27.9. The van der Waals surface area contributed by atoms with E-state index in [2.05, 4.69) is 118 Å². The Hall–Kier alpha value is -3.52. The van der Waals surface area contributed by atoms with Crippen LogP contribution < -0.4 is 11.5 Å². The molecule has 0 aromatic heterocycles. The number of benzene rings is 4. The van der Waals surface area contributed by atoms with Crippen LogP contribution in [-0.4, -0.2) is 0 Å². The minimum atomic E-state index is 0.0510. The summed E-state index contributed by atoms with van der Waals surface area (Å²) in [6.07, 6.45) is 43.3. The van der Waals surface area contributed by atoms with Gasteiger partial charge in [0.05, 0.1) is 0 Å². The van der Waals surface area contributed by atoms with Crippen LogP contribution in [0.3, 0.4) is 0 Å². The second kappa shape index (κ2) is 30.7. The van der Waals surface area contributed by atoms with Gasteiger partial charge in [-0.2, -0.15) is 0 Å². The van der Waals surface area contributed by atoms with Gasteiger partial charge < -0.3 is 11.5 Å². The zero-order chi connectivity index (χ0) is 45.8. The lowest BCUT2D eigenvalue weighted by Crippen LogP contribution is -2.33. The van der Waals surface area contributed by atoms with E-state index in [1.54, 1.807) is 0 Å². The van der Waals surface area contributed by atoms with Crippen molar-refractivity contribution in [1.82, 2.24) is 0 Å². The molecule has 0 radical (unpaired) electrons. The molecule has 0 spiro atoms. The summed E-state index contributed by atoms with van der Waals surface area (Å²) in [5.41, 5.74) is 22.9. The van der Waals surface area contributed by atoms with Crippen LogP contribution in [0.15, 0.2) is 97.1 Å². The molecule has 1 aliphatic rings. The molecular formula is C63H96N2. The summed E-state index contributed by atoms with van der Waals surface area (Å²) in [5.74, 6) is 1.66. The highest BCUT2D eigenvalue weighted by Crippen LogP contribution is 2.48. The molecular weight excluding hydrogens is 785 g/mol. The van der Waals surface area contributed by atoms with Crippen molar-refractivity contribution in [3.8, 4) is 0 Å². The average molecular weight is 881 g/mol. The molecule has 0 heterocycles. The Morgan fingerprint density at radius 1 is 0.369 bits per heavy atom. The van der Waals surface area contributed by atoms with Crippen LogP contribution >= 0.6 is 0 Å². The third kappa shape index (κ3) is 17.9. The number of rotatable bonds is 34. The fourth-order valence-electron chi connectivity index (χ4n) is 11.5. The Morgan fingerprint density at radius 3 is 0.969 bits per heavy atom. The molecule has 0 aliphatic heterocycles. The lowest BCUT2D eigenvalue weighted by atomic mass is 9.62. The van der Waals surface area contributed by atoms with Crippen molar-refractivity contribution in [3.63, 3.8) is 0 Å². The van der Waals surface area contributed by atoms with Crippen LogP contribution in [0.1, 0.15) is 271 Å². The van der Waals surface area contributed by atoms with Crippen molar-refractivity contribution >= 4 is 11.4 Å². The maximum Gasteiger partial charge on any atom is 0.0314 e. The van der Waals surface area contributed by atoms with Gasteiger partial charge in [-0.25, -0.2) is 0 Å². The molecule has 4 aromatic rings. The third-order valence-electron chi connectivity index (χ3n) is 15.8. The van der Waals surface area contributed by atoms with Crippen molar-refractivity contribution in [2.45, 2.75) is 243 Å². The van der Waals surface area contributed by atoms with Gasteiger partial charge in [-0.05, 0) is 102 Å². The van der Waals surface area contributed by atoms with Crippen LogP contribution in [0.25, 0.3) is 0 Å². The number of anilines is 2. The number of unbranched alkanes of at least 4 members (excludes halogenated alkanes) is 22. The van der Waals surface area contributed by atoms with Crippen molar-refractivity contribution in [3.05, 3.63) is 130 Å². The van der Waals surface area contributed by atoms with Gasteiger partial charge in [0.1, 0.15) is 0 Å². The number of nitrogen functional groups attached to an aromatic ring is 2. The lowest BCUT2D eigenvalue weighted by molar-refractivity contribution is 0.250. The standard InChI is InChI=1S/C63H96N2/c1-4-7-10-13-16-18-21-24-27-30-61(55-36-44-59(64)45-37-55)53-32-40-57(41-33-53)63(50-48-52(49-51-63)29-26-23-20-15-12-9-6-3)58-42-34-54(35-43-58)62(56-38-46-60(65)47-39-56)31-28-25-22-19-17-14-11-8-5-2/h32-47,52,61-62H,4-31,48-51,64-65H2,1-3H3.